The number of aliphatic hydroxyl groups excluding tert-OH is 2. The third-order valence-electron chi connectivity index (χ3n) is 8.04. The lowest BCUT2D eigenvalue weighted by Crippen LogP contribution is -2.56. The van der Waals surface area contributed by atoms with E-state index in [1.165, 1.54) is 0 Å². The molecule has 0 amide bonds. The van der Waals surface area contributed by atoms with Gasteiger partial charge in [0, 0.05) is 17.3 Å². The van der Waals surface area contributed by atoms with E-state index in [-0.39, 0.29) is 34.2 Å². The molecule has 0 aliphatic heterocycles. The molecule has 4 heteroatoms. The Labute approximate surface area is 149 Å². The molecule has 0 aromatic heterocycles. The van der Waals surface area contributed by atoms with Gasteiger partial charge in [0.25, 0.3) is 0 Å². The van der Waals surface area contributed by atoms with Gasteiger partial charge in [-0.05, 0) is 61.5 Å². The first kappa shape index (κ1) is 17.2. The molecule has 0 bridgehead atoms. The summed E-state index contributed by atoms with van der Waals surface area (Å²) in [4.78, 5) is 24.1. The van der Waals surface area contributed by atoms with Gasteiger partial charge in [-0.25, -0.2) is 0 Å². The minimum absolute atomic E-state index is 0.0514. The number of fused-ring (bicyclic) bond motifs is 5. The molecular weight excluding hydrogens is 316 g/mol. The van der Waals surface area contributed by atoms with E-state index in [0.29, 0.717) is 18.3 Å². The van der Waals surface area contributed by atoms with E-state index in [1.807, 2.05) is 6.08 Å². The second kappa shape index (κ2) is 5.62. The summed E-state index contributed by atoms with van der Waals surface area (Å²) in [6.45, 7) is 3.92. The van der Waals surface area contributed by atoms with Gasteiger partial charge in [-0.2, -0.15) is 0 Å². The SMILES string of the molecule is CC12C=CC(=O)C=C1CCC1C2[C@@H](O)CC2(C)C(C(=O)CO)CCC12. The molecule has 0 heterocycles. The van der Waals surface area contributed by atoms with Crippen molar-refractivity contribution in [2.45, 2.75) is 52.1 Å². The van der Waals surface area contributed by atoms with Crippen LogP contribution < -0.4 is 0 Å². The zero-order valence-corrected chi connectivity index (χ0v) is 15.1. The highest BCUT2D eigenvalue weighted by atomic mass is 16.3. The molecule has 4 aliphatic rings. The lowest BCUT2D eigenvalue weighted by Gasteiger charge is -2.58. The van der Waals surface area contributed by atoms with Crippen LogP contribution >= 0.6 is 0 Å². The summed E-state index contributed by atoms with van der Waals surface area (Å²) in [5.41, 5.74) is 0.688. The minimum Gasteiger partial charge on any atom is -0.393 e. The highest BCUT2D eigenvalue weighted by Crippen LogP contribution is 2.65. The fourth-order valence-electron chi connectivity index (χ4n) is 6.96. The molecule has 0 aromatic carbocycles. The molecule has 0 radical (unpaired) electrons. The Hall–Kier alpha value is -1.26. The first-order valence-electron chi connectivity index (χ1n) is 9.57. The molecule has 4 rings (SSSR count). The first-order chi connectivity index (χ1) is 11.8. The molecule has 25 heavy (non-hydrogen) atoms. The van der Waals surface area contributed by atoms with Crippen molar-refractivity contribution in [1.82, 2.24) is 0 Å². The summed E-state index contributed by atoms with van der Waals surface area (Å²) >= 11 is 0. The normalized spacial score (nSPS) is 48.4. The van der Waals surface area contributed by atoms with Gasteiger partial charge in [0.2, 0.25) is 0 Å². The van der Waals surface area contributed by atoms with Crippen LogP contribution in [0.3, 0.4) is 0 Å². The van der Waals surface area contributed by atoms with Gasteiger partial charge >= 0.3 is 0 Å². The Bertz CT molecular complexity index is 677. The molecule has 2 N–H and O–H groups in total. The van der Waals surface area contributed by atoms with Crippen molar-refractivity contribution in [3.8, 4) is 0 Å². The van der Waals surface area contributed by atoms with Gasteiger partial charge in [-0.3, -0.25) is 9.59 Å². The largest absolute Gasteiger partial charge is 0.393 e. The standard InChI is InChI=1S/C21H28O4/c1-20-8-7-13(23)9-12(20)3-4-14-15-5-6-16(18(25)11-22)21(15,2)10-17(24)19(14)20/h7-9,14-17,19,22,24H,3-6,10-11H2,1-2H3/t14?,15?,16?,17-,19?,20?,21?/m0/s1. The molecule has 4 nitrogen and oxygen atoms in total. The Balaban J connectivity index is 1.71. The lowest BCUT2D eigenvalue weighted by molar-refractivity contribution is -0.141. The molecule has 3 saturated carbocycles. The van der Waals surface area contributed by atoms with E-state index in [1.54, 1.807) is 12.2 Å². The Kier molecular flexibility index (Phi) is 3.86. The molecule has 0 aromatic rings. The van der Waals surface area contributed by atoms with Gasteiger partial charge in [-0.15, -0.1) is 0 Å². The molecule has 3 fully saturated rings. The van der Waals surface area contributed by atoms with Crippen molar-refractivity contribution < 1.29 is 19.8 Å². The van der Waals surface area contributed by atoms with Crippen molar-refractivity contribution in [1.29, 1.82) is 0 Å². The lowest BCUT2D eigenvalue weighted by atomic mass is 9.46. The summed E-state index contributed by atoms with van der Waals surface area (Å²) < 4.78 is 0. The monoisotopic (exact) mass is 344 g/mol. The van der Waals surface area contributed by atoms with Crippen LogP contribution in [0.15, 0.2) is 23.8 Å². The number of carbonyl (C=O) groups excluding carboxylic acids is 2. The quantitative estimate of drug-likeness (QED) is 0.807. The Morgan fingerprint density at radius 3 is 2.76 bits per heavy atom. The zero-order chi connectivity index (χ0) is 18.0. The fraction of sp³-hybridized carbons (Fsp3) is 0.714. The van der Waals surface area contributed by atoms with Gasteiger partial charge in [0.1, 0.15) is 6.61 Å². The van der Waals surface area contributed by atoms with Crippen LogP contribution in [0.5, 0.6) is 0 Å². The van der Waals surface area contributed by atoms with Crippen molar-refractivity contribution >= 4 is 11.6 Å². The molecule has 0 spiro atoms. The first-order valence-corrected chi connectivity index (χ1v) is 9.57. The smallest absolute Gasteiger partial charge is 0.178 e. The predicted octanol–water partition coefficient (Wildman–Crippen LogP) is 2.44. The number of aliphatic hydroxyl groups is 2. The van der Waals surface area contributed by atoms with E-state index in [4.69, 9.17) is 0 Å². The fourth-order valence-corrected chi connectivity index (χ4v) is 6.96. The van der Waals surface area contributed by atoms with Crippen LogP contribution in [0.2, 0.25) is 0 Å². The molecule has 0 saturated heterocycles. The number of carbonyl (C=O) groups is 2. The number of ketones is 2. The summed E-state index contributed by atoms with van der Waals surface area (Å²) in [7, 11) is 0. The highest BCUT2D eigenvalue weighted by Gasteiger charge is 2.62. The topological polar surface area (TPSA) is 74.6 Å². The third-order valence-corrected chi connectivity index (χ3v) is 8.04. The summed E-state index contributed by atoms with van der Waals surface area (Å²) in [6, 6.07) is 0. The Morgan fingerprint density at radius 2 is 2.04 bits per heavy atom. The van der Waals surface area contributed by atoms with Crippen molar-refractivity contribution in [2.24, 2.45) is 34.5 Å². The van der Waals surface area contributed by atoms with E-state index in [2.05, 4.69) is 13.8 Å². The summed E-state index contributed by atoms with van der Waals surface area (Å²) in [5, 5.41) is 20.5. The Morgan fingerprint density at radius 1 is 1.28 bits per heavy atom. The van der Waals surface area contributed by atoms with Gasteiger partial charge < -0.3 is 10.2 Å². The second-order valence-electron chi connectivity index (χ2n) is 9.05. The van der Waals surface area contributed by atoms with Crippen LogP contribution in [0.4, 0.5) is 0 Å². The van der Waals surface area contributed by atoms with Crippen molar-refractivity contribution in [3.63, 3.8) is 0 Å². The van der Waals surface area contributed by atoms with E-state index in [9.17, 15) is 19.8 Å². The van der Waals surface area contributed by atoms with Crippen LogP contribution in [0.25, 0.3) is 0 Å². The second-order valence-corrected chi connectivity index (χ2v) is 9.05. The number of rotatable bonds is 2. The molecule has 7 atom stereocenters. The maximum absolute atomic E-state index is 12.3. The third kappa shape index (κ3) is 2.26. The summed E-state index contributed by atoms with van der Waals surface area (Å²) in [6.07, 6.45) is 9.25. The predicted molar refractivity (Wildman–Crippen MR) is 93.6 cm³/mol. The van der Waals surface area contributed by atoms with Gasteiger partial charge in [-0.1, -0.05) is 25.5 Å². The van der Waals surface area contributed by atoms with Crippen LogP contribution in [0.1, 0.15) is 46.0 Å². The van der Waals surface area contributed by atoms with Crippen molar-refractivity contribution in [2.75, 3.05) is 6.61 Å². The molecule has 4 aliphatic carbocycles. The van der Waals surface area contributed by atoms with Crippen LogP contribution in [-0.4, -0.2) is 34.5 Å². The number of allylic oxidation sites excluding steroid dienone is 4. The van der Waals surface area contributed by atoms with E-state index >= 15 is 0 Å². The van der Waals surface area contributed by atoms with Crippen LogP contribution in [-0.2, 0) is 9.59 Å². The maximum Gasteiger partial charge on any atom is 0.178 e. The average Bonchev–Trinajstić information content (AvgIpc) is 2.91. The van der Waals surface area contributed by atoms with Crippen LogP contribution in [0, 0.1) is 34.5 Å². The van der Waals surface area contributed by atoms with E-state index in [0.717, 1.165) is 31.3 Å². The summed E-state index contributed by atoms with van der Waals surface area (Å²) in [5.74, 6) is 0.734. The highest BCUT2D eigenvalue weighted by molar-refractivity contribution is 6.01. The molecule has 136 valence electrons. The maximum atomic E-state index is 12.3. The molecule has 6 unspecified atom stereocenters. The van der Waals surface area contributed by atoms with E-state index < -0.39 is 12.7 Å². The minimum atomic E-state index is -0.482. The van der Waals surface area contributed by atoms with Gasteiger partial charge in [0.05, 0.1) is 6.10 Å². The number of hydrogen-bond acceptors (Lipinski definition) is 4. The number of hydrogen-bond donors (Lipinski definition) is 2. The average molecular weight is 344 g/mol. The number of Topliss-reactive ketones (excluding diaryl/α,β-unsaturated/α-hetero) is 1. The molecular formula is C21H28O4. The van der Waals surface area contributed by atoms with Crippen molar-refractivity contribution in [3.05, 3.63) is 23.8 Å². The zero-order valence-electron chi connectivity index (χ0n) is 15.1. The van der Waals surface area contributed by atoms with Gasteiger partial charge in [0.15, 0.2) is 11.6 Å².